The van der Waals surface area contributed by atoms with Gasteiger partial charge in [-0.1, -0.05) is 140 Å². The van der Waals surface area contributed by atoms with Crippen molar-refractivity contribution >= 4 is 38.2 Å². The van der Waals surface area contributed by atoms with Crippen LogP contribution in [0.2, 0.25) is 0 Å². The van der Waals surface area contributed by atoms with Gasteiger partial charge in [0, 0.05) is 56.2 Å². The van der Waals surface area contributed by atoms with Gasteiger partial charge >= 0.3 is 0 Å². The van der Waals surface area contributed by atoms with Gasteiger partial charge in [0.2, 0.25) is 0 Å². The number of aromatic nitrogens is 5. The van der Waals surface area contributed by atoms with Gasteiger partial charge in [-0.05, 0) is 35.4 Å². The molecule has 0 radical (unpaired) electrons. The Balaban J connectivity index is 1.07. The standard InChI is InChI=1S/C46H29N5/c1-3-12-31(13-4-1)41-29-51-27-26-38-42(46(51)49-41)36-18-7-9-20-39(36)47-44(38)35-17-11-16-34(28-35)30-22-24-33(25-23-30)45-48-40-21-10-8-19-37(40)43(50-45)32-14-5-2-6-15-32/h1-29H. The maximum atomic E-state index is 5.24. The van der Waals surface area contributed by atoms with Crippen molar-refractivity contribution in [3.05, 3.63) is 176 Å². The van der Waals surface area contributed by atoms with Crippen LogP contribution in [0.1, 0.15) is 0 Å². The molecule has 51 heavy (non-hydrogen) atoms. The number of pyridine rings is 2. The van der Waals surface area contributed by atoms with E-state index in [0.717, 1.165) is 88.7 Å². The summed E-state index contributed by atoms with van der Waals surface area (Å²) < 4.78 is 2.13. The quantitative estimate of drug-likeness (QED) is 0.174. The summed E-state index contributed by atoms with van der Waals surface area (Å²) in [6.07, 6.45) is 4.20. The molecule has 0 aliphatic heterocycles. The Morgan fingerprint density at radius 2 is 0.980 bits per heavy atom. The Morgan fingerprint density at radius 1 is 0.373 bits per heavy atom. The summed E-state index contributed by atoms with van der Waals surface area (Å²) in [5.74, 6) is 0.709. The number of hydrogen-bond acceptors (Lipinski definition) is 4. The van der Waals surface area contributed by atoms with E-state index in [1.165, 1.54) is 0 Å². The Kier molecular flexibility index (Phi) is 6.74. The summed E-state index contributed by atoms with van der Waals surface area (Å²) >= 11 is 0. The van der Waals surface area contributed by atoms with Gasteiger partial charge in [-0.15, -0.1) is 0 Å². The molecule has 0 aliphatic rings. The molecule has 238 valence electrons. The van der Waals surface area contributed by atoms with Crippen LogP contribution in [0.4, 0.5) is 0 Å². The van der Waals surface area contributed by atoms with Crippen molar-refractivity contribution in [3.8, 4) is 56.3 Å². The molecule has 4 heterocycles. The fraction of sp³-hybridized carbons (Fsp3) is 0. The fourth-order valence-electron chi connectivity index (χ4n) is 7.12. The minimum Gasteiger partial charge on any atom is -0.306 e. The van der Waals surface area contributed by atoms with Crippen molar-refractivity contribution in [2.75, 3.05) is 0 Å². The number of imidazole rings is 1. The molecule has 5 nitrogen and oxygen atoms in total. The second-order valence-electron chi connectivity index (χ2n) is 12.7. The van der Waals surface area contributed by atoms with Crippen LogP contribution in [-0.2, 0) is 0 Å². The molecule has 4 aromatic heterocycles. The van der Waals surface area contributed by atoms with Gasteiger partial charge in [0.05, 0.1) is 28.1 Å². The molecule has 0 saturated carbocycles. The third kappa shape index (κ3) is 5.03. The normalized spacial score (nSPS) is 11.5. The van der Waals surface area contributed by atoms with Gasteiger partial charge < -0.3 is 4.40 Å². The number of nitrogens with zero attached hydrogens (tertiary/aromatic N) is 5. The first-order chi connectivity index (χ1) is 25.3. The van der Waals surface area contributed by atoms with E-state index in [9.17, 15) is 0 Å². The molecule has 0 bridgehead atoms. The van der Waals surface area contributed by atoms with Crippen molar-refractivity contribution in [2.45, 2.75) is 0 Å². The van der Waals surface area contributed by atoms with Crippen LogP contribution in [0.3, 0.4) is 0 Å². The van der Waals surface area contributed by atoms with E-state index in [2.05, 4.69) is 126 Å². The summed E-state index contributed by atoms with van der Waals surface area (Å²) in [5, 5.41) is 4.30. The fourth-order valence-corrected chi connectivity index (χ4v) is 7.12. The molecule has 0 spiro atoms. The van der Waals surface area contributed by atoms with Gasteiger partial charge in [0.1, 0.15) is 5.65 Å². The Hall–Kier alpha value is -6.98. The Labute approximate surface area is 294 Å². The molecule has 0 unspecified atom stereocenters. The second-order valence-corrected chi connectivity index (χ2v) is 12.7. The average molecular weight is 652 g/mol. The highest BCUT2D eigenvalue weighted by molar-refractivity contribution is 6.16. The SMILES string of the molecule is c1ccc(-c2cn3ccc4c(-c5cccc(-c6ccc(-c7nc(-c8ccccc8)c8ccccc8n7)cc6)c5)nc5ccccc5c4c3n2)cc1. The lowest BCUT2D eigenvalue weighted by molar-refractivity contribution is 1.20. The average Bonchev–Trinajstić information content (AvgIpc) is 3.66. The van der Waals surface area contributed by atoms with Crippen molar-refractivity contribution < 1.29 is 0 Å². The molecule has 0 atom stereocenters. The van der Waals surface area contributed by atoms with Crippen LogP contribution < -0.4 is 0 Å². The molecule has 10 aromatic rings. The number of rotatable bonds is 5. The zero-order chi connectivity index (χ0) is 33.7. The van der Waals surface area contributed by atoms with E-state index in [4.69, 9.17) is 19.9 Å². The van der Waals surface area contributed by atoms with Crippen molar-refractivity contribution in [1.29, 1.82) is 0 Å². The van der Waals surface area contributed by atoms with Gasteiger partial charge in [-0.2, -0.15) is 0 Å². The summed E-state index contributed by atoms with van der Waals surface area (Å²) in [5.41, 5.74) is 12.0. The Bertz CT molecular complexity index is 2900. The number of benzene rings is 6. The summed E-state index contributed by atoms with van der Waals surface area (Å²) in [6, 6.07) is 56.6. The highest BCUT2D eigenvalue weighted by Crippen LogP contribution is 2.37. The predicted octanol–water partition coefficient (Wildman–Crippen LogP) is 11.3. The van der Waals surface area contributed by atoms with Gasteiger partial charge in [-0.25, -0.2) is 19.9 Å². The molecule has 0 fully saturated rings. The third-order valence-electron chi connectivity index (χ3n) is 9.62. The maximum absolute atomic E-state index is 5.24. The van der Waals surface area contributed by atoms with Gasteiger partial charge in [-0.3, -0.25) is 0 Å². The number of hydrogen-bond donors (Lipinski definition) is 0. The topological polar surface area (TPSA) is 56.0 Å². The zero-order valence-electron chi connectivity index (χ0n) is 27.5. The van der Waals surface area contributed by atoms with Crippen LogP contribution in [0.25, 0.3) is 94.5 Å². The first-order valence-electron chi connectivity index (χ1n) is 17.1. The summed E-state index contributed by atoms with van der Waals surface area (Å²) in [4.78, 5) is 20.4. The molecule has 0 N–H and O–H groups in total. The van der Waals surface area contributed by atoms with Gasteiger partial charge in [0.15, 0.2) is 5.82 Å². The molecule has 0 amide bonds. The smallest absolute Gasteiger partial charge is 0.160 e. The van der Waals surface area contributed by atoms with E-state index >= 15 is 0 Å². The minimum atomic E-state index is 0.709. The molecule has 5 heteroatoms. The maximum Gasteiger partial charge on any atom is 0.160 e. The first-order valence-corrected chi connectivity index (χ1v) is 17.1. The minimum absolute atomic E-state index is 0.709. The molecular formula is C46H29N5. The highest BCUT2D eigenvalue weighted by Gasteiger charge is 2.17. The van der Waals surface area contributed by atoms with Crippen LogP contribution in [0, 0.1) is 0 Å². The first kappa shape index (κ1) is 29.0. The van der Waals surface area contributed by atoms with Crippen LogP contribution in [0.5, 0.6) is 0 Å². The van der Waals surface area contributed by atoms with E-state index in [1.807, 2.05) is 54.6 Å². The van der Waals surface area contributed by atoms with Crippen LogP contribution in [0.15, 0.2) is 176 Å². The highest BCUT2D eigenvalue weighted by atomic mass is 15.0. The summed E-state index contributed by atoms with van der Waals surface area (Å²) in [6.45, 7) is 0. The number of fused-ring (bicyclic) bond motifs is 6. The van der Waals surface area contributed by atoms with E-state index in [1.54, 1.807) is 0 Å². The largest absolute Gasteiger partial charge is 0.306 e. The van der Waals surface area contributed by atoms with E-state index in [-0.39, 0.29) is 0 Å². The molecule has 6 aromatic carbocycles. The van der Waals surface area contributed by atoms with Crippen molar-refractivity contribution in [2.24, 2.45) is 0 Å². The lowest BCUT2D eigenvalue weighted by Gasteiger charge is -2.12. The predicted molar refractivity (Wildman–Crippen MR) is 208 cm³/mol. The molecule has 0 saturated heterocycles. The second kappa shape index (κ2) is 11.9. The zero-order valence-corrected chi connectivity index (χ0v) is 27.5. The van der Waals surface area contributed by atoms with Crippen LogP contribution in [-0.4, -0.2) is 24.3 Å². The number of para-hydroxylation sites is 2. The van der Waals surface area contributed by atoms with E-state index < -0.39 is 0 Å². The monoisotopic (exact) mass is 651 g/mol. The lowest BCUT2D eigenvalue weighted by Crippen LogP contribution is -1.95. The van der Waals surface area contributed by atoms with Crippen LogP contribution >= 0.6 is 0 Å². The molecular weight excluding hydrogens is 623 g/mol. The van der Waals surface area contributed by atoms with Crippen molar-refractivity contribution in [3.63, 3.8) is 0 Å². The summed E-state index contributed by atoms with van der Waals surface area (Å²) in [7, 11) is 0. The lowest BCUT2D eigenvalue weighted by atomic mass is 9.97. The molecule has 0 aliphatic carbocycles. The van der Waals surface area contributed by atoms with Gasteiger partial charge in [0.25, 0.3) is 0 Å². The van der Waals surface area contributed by atoms with E-state index in [0.29, 0.717) is 5.82 Å². The molecule has 10 rings (SSSR count). The third-order valence-corrected chi connectivity index (χ3v) is 9.62. The Morgan fingerprint density at radius 3 is 1.76 bits per heavy atom. The van der Waals surface area contributed by atoms with Crippen molar-refractivity contribution in [1.82, 2.24) is 24.3 Å².